The molecule has 0 atom stereocenters. The number of allylic oxidation sites excluding steroid dienone is 4. The first-order valence-corrected chi connectivity index (χ1v) is 17.4. The predicted octanol–water partition coefficient (Wildman–Crippen LogP) is 13.4. The van der Waals surface area contributed by atoms with Gasteiger partial charge in [0.2, 0.25) is 0 Å². The Morgan fingerprint density at radius 2 is 0.913 bits per heavy atom. The van der Waals surface area contributed by atoms with Crippen LogP contribution in [-0.4, -0.2) is 0 Å². The van der Waals surface area contributed by atoms with Crippen LogP contribution in [0.25, 0.3) is 11.1 Å². The third kappa shape index (κ3) is 5.50. The van der Waals surface area contributed by atoms with Crippen molar-refractivity contribution in [1.82, 2.24) is 0 Å². The van der Waals surface area contributed by atoms with E-state index in [0.29, 0.717) is 0 Å². The summed E-state index contributed by atoms with van der Waals surface area (Å²) in [7, 11) is 0. The Balaban J connectivity index is 1.79. The van der Waals surface area contributed by atoms with Gasteiger partial charge in [0.25, 0.3) is 0 Å². The van der Waals surface area contributed by atoms with E-state index in [4.69, 9.17) is 23.2 Å². The van der Waals surface area contributed by atoms with E-state index in [1.54, 1.807) is 0 Å². The lowest BCUT2D eigenvalue weighted by molar-refractivity contribution is 0.494. The lowest BCUT2D eigenvalue weighted by Crippen LogP contribution is -2.37. The summed E-state index contributed by atoms with van der Waals surface area (Å²) in [5, 5.41) is 1.49. The summed E-state index contributed by atoms with van der Waals surface area (Å²) in [6.45, 7) is 23.2. The molecule has 4 aromatic rings. The van der Waals surface area contributed by atoms with Gasteiger partial charge in [-0.3, -0.25) is 0 Å². The van der Waals surface area contributed by atoms with Crippen LogP contribution in [0.5, 0.6) is 0 Å². The number of hydrogen-bond acceptors (Lipinski definition) is 0. The lowest BCUT2D eigenvalue weighted by atomic mass is 9.58. The molecule has 0 spiro atoms. The quantitative estimate of drug-likeness (QED) is 0.207. The topological polar surface area (TPSA) is 0 Å². The Labute approximate surface area is 287 Å². The van der Waals surface area contributed by atoms with Crippen LogP contribution in [0.1, 0.15) is 115 Å². The van der Waals surface area contributed by atoms with Crippen LogP contribution in [0.15, 0.2) is 108 Å². The van der Waals surface area contributed by atoms with E-state index in [9.17, 15) is 0 Å². The zero-order chi connectivity index (χ0) is 33.4. The van der Waals surface area contributed by atoms with Gasteiger partial charge in [0.05, 0.1) is 5.41 Å². The van der Waals surface area contributed by atoms with Gasteiger partial charge >= 0.3 is 0 Å². The molecule has 0 heterocycles. The Hall–Kier alpha value is -3.06. The van der Waals surface area contributed by atoms with Crippen molar-refractivity contribution in [2.45, 2.75) is 97.8 Å². The van der Waals surface area contributed by atoms with Crippen LogP contribution in [0.2, 0.25) is 10.0 Å². The predicted molar refractivity (Wildman–Crippen MR) is 200 cm³/mol. The van der Waals surface area contributed by atoms with Crippen molar-refractivity contribution in [3.8, 4) is 11.1 Å². The van der Waals surface area contributed by atoms with Crippen molar-refractivity contribution in [1.29, 1.82) is 0 Å². The van der Waals surface area contributed by atoms with Gasteiger partial charge < -0.3 is 0 Å². The van der Waals surface area contributed by atoms with Crippen LogP contribution in [0, 0.1) is 5.41 Å². The molecule has 2 aliphatic rings. The van der Waals surface area contributed by atoms with Crippen LogP contribution in [-0.2, 0) is 16.2 Å². The summed E-state index contributed by atoms with van der Waals surface area (Å²) >= 11 is 13.2. The Morgan fingerprint density at radius 3 is 1.26 bits per heavy atom. The van der Waals surface area contributed by atoms with E-state index >= 15 is 0 Å². The zero-order valence-electron chi connectivity index (χ0n) is 29.2. The van der Waals surface area contributed by atoms with Crippen LogP contribution >= 0.6 is 23.2 Å². The molecule has 46 heavy (non-hydrogen) atoms. The van der Waals surface area contributed by atoms with Crippen molar-refractivity contribution >= 4 is 23.2 Å². The summed E-state index contributed by atoms with van der Waals surface area (Å²) in [4.78, 5) is 0. The minimum Gasteiger partial charge on any atom is -0.0843 e. The van der Waals surface area contributed by atoms with E-state index in [-0.39, 0.29) is 22.2 Å². The van der Waals surface area contributed by atoms with Crippen molar-refractivity contribution in [2.24, 2.45) is 5.41 Å². The van der Waals surface area contributed by atoms with Crippen molar-refractivity contribution < 1.29 is 0 Å². The smallest absolute Gasteiger partial charge is 0.0560 e. The van der Waals surface area contributed by atoms with Gasteiger partial charge in [-0.05, 0) is 104 Å². The summed E-state index contributed by atoms with van der Waals surface area (Å²) in [5.41, 5.74) is 14.5. The highest BCUT2D eigenvalue weighted by molar-refractivity contribution is 6.30. The standard InChI is InChI=1S/C44H48Cl2/c1-27-23-32(43(8,9)10)26-39(27)44(28-11-17-33(45)18-12-28,29-13-19-34(46)20-14-29)40-35-21-15-30(41(2,3)4)24-37(35)38-25-31(42(5,6)7)16-22-36(38)40/h11-22,24-26,40H,23H2,1-10H3. The lowest BCUT2D eigenvalue weighted by Gasteiger charge is -2.43. The Kier molecular flexibility index (Phi) is 8.06. The third-order valence-corrected chi connectivity index (χ3v) is 10.9. The molecular formula is C44H48Cl2. The molecule has 0 radical (unpaired) electrons. The molecule has 0 amide bonds. The van der Waals surface area contributed by atoms with Crippen molar-refractivity contribution in [3.63, 3.8) is 0 Å². The van der Waals surface area contributed by atoms with Crippen LogP contribution in [0.3, 0.4) is 0 Å². The monoisotopic (exact) mass is 646 g/mol. The second kappa shape index (κ2) is 11.3. The second-order valence-corrected chi connectivity index (χ2v) is 17.5. The van der Waals surface area contributed by atoms with Gasteiger partial charge in [-0.25, -0.2) is 0 Å². The third-order valence-electron chi connectivity index (χ3n) is 10.4. The minimum absolute atomic E-state index is 0.0309. The maximum absolute atomic E-state index is 6.60. The first-order chi connectivity index (χ1) is 21.4. The fraction of sp³-hybridized carbons (Fsp3) is 0.364. The first-order valence-electron chi connectivity index (χ1n) is 16.6. The molecule has 0 saturated carbocycles. The molecule has 0 N–H and O–H groups in total. The molecule has 0 bridgehead atoms. The molecule has 238 valence electrons. The number of rotatable bonds is 4. The molecule has 0 aliphatic heterocycles. The molecule has 4 aromatic carbocycles. The van der Waals surface area contributed by atoms with Gasteiger partial charge in [0.15, 0.2) is 0 Å². The summed E-state index contributed by atoms with van der Waals surface area (Å²) in [6.07, 6.45) is 3.50. The van der Waals surface area contributed by atoms with E-state index in [1.807, 2.05) is 0 Å². The van der Waals surface area contributed by atoms with E-state index in [1.165, 1.54) is 61.2 Å². The average molecular weight is 648 g/mol. The summed E-state index contributed by atoms with van der Waals surface area (Å²) in [6, 6.07) is 31.8. The van der Waals surface area contributed by atoms with Crippen molar-refractivity contribution in [2.75, 3.05) is 0 Å². The largest absolute Gasteiger partial charge is 0.0843 e. The first kappa shape index (κ1) is 32.9. The molecular weight excluding hydrogens is 599 g/mol. The number of benzene rings is 4. The zero-order valence-corrected chi connectivity index (χ0v) is 30.7. The van der Waals surface area contributed by atoms with Gasteiger partial charge in [-0.2, -0.15) is 0 Å². The van der Waals surface area contributed by atoms with Gasteiger partial charge in [-0.15, -0.1) is 0 Å². The normalized spacial score (nSPS) is 15.7. The van der Waals surface area contributed by atoms with Gasteiger partial charge in [-0.1, -0.05) is 163 Å². The molecule has 2 heteroatoms. The molecule has 0 aromatic heterocycles. The van der Waals surface area contributed by atoms with Crippen LogP contribution in [0.4, 0.5) is 0 Å². The van der Waals surface area contributed by atoms with Crippen molar-refractivity contribution in [3.05, 3.63) is 151 Å². The highest BCUT2D eigenvalue weighted by atomic mass is 35.5. The molecule has 0 unspecified atom stereocenters. The molecule has 6 rings (SSSR count). The minimum atomic E-state index is -0.529. The maximum atomic E-state index is 6.60. The summed E-state index contributed by atoms with van der Waals surface area (Å²) < 4.78 is 0. The highest BCUT2D eigenvalue weighted by Gasteiger charge is 2.51. The average Bonchev–Trinajstić information content (AvgIpc) is 3.53. The Morgan fingerprint density at radius 1 is 0.522 bits per heavy atom. The van der Waals surface area contributed by atoms with Gasteiger partial charge in [0, 0.05) is 16.0 Å². The SMILES string of the molecule is CC1=C(C(c2ccc(Cl)cc2)(c2ccc(Cl)cc2)C2c3ccc(C(C)(C)C)cc3-c3cc(C(C)(C)C)ccc32)C=C(C(C)(C)C)C1. The number of hydrogen-bond donors (Lipinski definition) is 0. The van der Waals surface area contributed by atoms with E-state index in [0.717, 1.165) is 16.5 Å². The number of halogens is 2. The van der Waals surface area contributed by atoms with E-state index < -0.39 is 5.41 Å². The highest BCUT2D eigenvalue weighted by Crippen LogP contribution is 2.62. The number of fused-ring (bicyclic) bond motifs is 3. The molecule has 2 aliphatic carbocycles. The van der Waals surface area contributed by atoms with Crippen LogP contribution < -0.4 is 0 Å². The molecule has 0 nitrogen and oxygen atoms in total. The fourth-order valence-electron chi connectivity index (χ4n) is 7.70. The van der Waals surface area contributed by atoms with E-state index in [2.05, 4.69) is 160 Å². The Bertz CT molecular complexity index is 1750. The fourth-order valence-corrected chi connectivity index (χ4v) is 7.96. The molecule has 0 saturated heterocycles. The molecule has 0 fully saturated rings. The second-order valence-electron chi connectivity index (χ2n) is 16.6. The maximum Gasteiger partial charge on any atom is 0.0560 e. The summed E-state index contributed by atoms with van der Waals surface area (Å²) in [5.74, 6) is 0.0309. The van der Waals surface area contributed by atoms with Gasteiger partial charge in [0.1, 0.15) is 0 Å².